The van der Waals surface area contributed by atoms with Crippen LogP contribution in [0.2, 0.25) is 5.02 Å². The molecule has 0 radical (unpaired) electrons. The normalized spacial score (nSPS) is 29.6. The summed E-state index contributed by atoms with van der Waals surface area (Å²) in [5, 5.41) is 6.28. The topological polar surface area (TPSA) is 54.0 Å². The van der Waals surface area contributed by atoms with Gasteiger partial charge >= 0.3 is 0 Å². The summed E-state index contributed by atoms with van der Waals surface area (Å²) in [5.41, 5.74) is 0.157. The first-order valence-electron chi connectivity index (χ1n) is 6.01. The Kier molecular flexibility index (Phi) is 2.95. The summed E-state index contributed by atoms with van der Waals surface area (Å²) in [6.07, 6.45) is 4.19. The highest BCUT2D eigenvalue weighted by molar-refractivity contribution is 6.31. The van der Waals surface area contributed by atoms with Crippen molar-refractivity contribution in [2.45, 2.75) is 37.4 Å². The van der Waals surface area contributed by atoms with Crippen molar-refractivity contribution in [3.63, 3.8) is 0 Å². The van der Waals surface area contributed by atoms with Crippen molar-refractivity contribution in [3.8, 4) is 0 Å². The summed E-state index contributed by atoms with van der Waals surface area (Å²) in [5.74, 6) is -0.911. The number of hydrogen-bond donors (Lipinski definition) is 2. The molecular formula is C12H13ClFN3O. The zero-order valence-electron chi connectivity index (χ0n) is 9.62. The van der Waals surface area contributed by atoms with Gasteiger partial charge in [-0.1, -0.05) is 11.6 Å². The van der Waals surface area contributed by atoms with Crippen LogP contribution in [0.25, 0.3) is 0 Å². The van der Waals surface area contributed by atoms with E-state index in [4.69, 9.17) is 11.6 Å². The first-order chi connectivity index (χ1) is 8.63. The van der Waals surface area contributed by atoms with Gasteiger partial charge in [-0.3, -0.25) is 4.79 Å². The molecule has 3 heterocycles. The van der Waals surface area contributed by atoms with Gasteiger partial charge in [0.1, 0.15) is 5.69 Å². The third kappa shape index (κ3) is 2.08. The highest BCUT2D eigenvalue weighted by Crippen LogP contribution is 2.28. The van der Waals surface area contributed by atoms with Gasteiger partial charge in [0.2, 0.25) is 0 Å². The first kappa shape index (κ1) is 11.9. The van der Waals surface area contributed by atoms with Crippen molar-refractivity contribution >= 4 is 17.5 Å². The smallest absolute Gasteiger partial charge is 0.270 e. The van der Waals surface area contributed by atoms with Crippen molar-refractivity contribution in [2.24, 2.45) is 0 Å². The quantitative estimate of drug-likeness (QED) is 0.855. The minimum absolute atomic E-state index is 0.0822. The van der Waals surface area contributed by atoms with E-state index in [0.29, 0.717) is 12.1 Å². The molecule has 2 N–H and O–H groups in total. The number of pyridine rings is 1. The Morgan fingerprint density at radius 3 is 3.00 bits per heavy atom. The Bertz CT molecular complexity index is 496. The van der Waals surface area contributed by atoms with Crippen LogP contribution in [-0.4, -0.2) is 29.0 Å². The molecule has 4 nitrogen and oxygen atoms in total. The molecule has 1 aromatic rings. The highest BCUT2D eigenvalue weighted by atomic mass is 35.5. The lowest BCUT2D eigenvalue weighted by atomic mass is 9.95. The molecule has 3 atom stereocenters. The van der Waals surface area contributed by atoms with Crippen LogP contribution in [0.3, 0.4) is 0 Å². The lowest BCUT2D eigenvalue weighted by Crippen LogP contribution is -2.43. The van der Waals surface area contributed by atoms with E-state index in [2.05, 4.69) is 15.6 Å². The molecule has 3 unspecified atom stereocenters. The Morgan fingerprint density at radius 2 is 2.39 bits per heavy atom. The third-order valence-electron chi connectivity index (χ3n) is 3.66. The number of carbonyl (C=O) groups excluding carboxylic acids is 1. The average molecular weight is 270 g/mol. The van der Waals surface area contributed by atoms with Gasteiger partial charge in [0.15, 0.2) is 5.82 Å². The summed E-state index contributed by atoms with van der Waals surface area (Å²) < 4.78 is 13.0. The van der Waals surface area contributed by atoms with Gasteiger partial charge in [0.25, 0.3) is 5.91 Å². The molecule has 2 saturated heterocycles. The van der Waals surface area contributed by atoms with E-state index in [0.717, 1.165) is 19.0 Å². The molecule has 3 rings (SSSR count). The minimum Gasteiger partial charge on any atom is -0.346 e. The summed E-state index contributed by atoms with van der Waals surface area (Å²) in [4.78, 5) is 15.7. The fourth-order valence-electron chi connectivity index (χ4n) is 2.76. The van der Waals surface area contributed by atoms with E-state index in [1.54, 1.807) is 0 Å². The number of nitrogens with zero attached hydrogens (tertiary/aromatic N) is 1. The lowest BCUT2D eigenvalue weighted by Gasteiger charge is -2.21. The van der Waals surface area contributed by atoms with Gasteiger partial charge < -0.3 is 10.6 Å². The second kappa shape index (κ2) is 4.48. The lowest BCUT2D eigenvalue weighted by molar-refractivity contribution is 0.0926. The van der Waals surface area contributed by atoms with Crippen LogP contribution in [0, 0.1) is 5.82 Å². The molecule has 2 aliphatic heterocycles. The molecule has 2 bridgehead atoms. The number of nitrogens with one attached hydrogen (secondary N) is 2. The Hall–Kier alpha value is -1.20. The Morgan fingerprint density at radius 1 is 1.56 bits per heavy atom. The maximum Gasteiger partial charge on any atom is 0.270 e. The van der Waals surface area contributed by atoms with Crippen molar-refractivity contribution in [1.29, 1.82) is 0 Å². The zero-order valence-corrected chi connectivity index (χ0v) is 10.4. The molecule has 1 amide bonds. The Balaban J connectivity index is 1.69. The predicted octanol–water partition coefficient (Wildman–Crippen LogP) is 1.50. The SMILES string of the molecule is O=C(NC1CC2CCC1N2)c1cc(Cl)c(F)cn1. The van der Waals surface area contributed by atoms with E-state index >= 15 is 0 Å². The molecule has 0 saturated carbocycles. The Labute approximate surface area is 109 Å². The second-order valence-corrected chi connectivity index (χ2v) is 5.25. The number of rotatable bonds is 2. The number of fused-ring (bicyclic) bond motifs is 2. The minimum atomic E-state index is -0.616. The van der Waals surface area contributed by atoms with Gasteiger partial charge in [-0.15, -0.1) is 0 Å². The maximum absolute atomic E-state index is 13.0. The highest BCUT2D eigenvalue weighted by Gasteiger charge is 2.39. The molecular weight excluding hydrogens is 257 g/mol. The van der Waals surface area contributed by atoms with E-state index in [-0.39, 0.29) is 22.7 Å². The van der Waals surface area contributed by atoms with Crippen LogP contribution in [0.1, 0.15) is 29.8 Å². The van der Waals surface area contributed by atoms with E-state index in [1.807, 2.05) is 0 Å². The fraction of sp³-hybridized carbons (Fsp3) is 0.500. The zero-order chi connectivity index (χ0) is 12.7. The number of hydrogen-bond acceptors (Lipinski definition) is 3. The van der Waals surface area contributed by atoms with Crippen LogP contribution in [-0.2, 0) is 0 Å². The number of carbonyl (C=O) groups is 1. The summed E-state index contributed by atoms with van der Waals surface area (Å²) in [6, 6.07) is 2.27. The molecule has 18 heavy (non-hydrogen) atoms. The van der Waals surface area contributed by atoms with Crippen molar-refractivity contribution < 1.29 is 9.18 Å². The molecule has 0 aromatic carbocycles. The first-order valence-corrected chi connectivity index (χ1v) is 6.39. The van der Waals surface area contributed by atoms with Gasteiger partial charge in [0, 0.05) is 18.1 Å². The van der Waals surface area contributed by atoms with Crippen LogP contribution in [0.5, 0.6) is 0 Å². The summed E-state index contributed by atoms with van der Waals surface area (Å²) in [6.45, 7) is 0. The number of halogens is 2. The largest absolute Gasteiger partial charge is 0.346 e. The summed E-state index contributed by atoms with van der Waals surface area (Å²) in [7, 11) is 0. The van der Waals surface area contributed by atoms with E-state index < -0.39 is 5.82 Å². The van der Waals surface area contributed by atoms with Crippen molar-refractivity contribution in [3.05, 3.63) is 28.8 Å². The van der Waals surface area contributed by atoms with Crippen LogP contribution >= 0.6 is 11.6 Å². The molecule has 0 spiro atoms. The van der Waals surface area contributed by atoms with Crippen molar-refractivity contribution in [1.82, 2.24) is 15.6 Å². The van der Waals surface area contributed by atoms with Crippen LogP contribution in [0.4, 0.5) is 4.39 Å². The van der Waals surface area contributed by atoms with Gasteiger partial charge in [-0.25, -0.2) is 9.37 Å². The monoisotopic (exact) mass is 269 g/mol. The van der Waals surface area contributed by atoms with E-state index in [9.17, 15) is 9.18 Å². The van der Waals surface area contributed by atoms with E-state index in [1.165, 1.54) is 12.5 Å². The van der Waals surface area contributed by atoms with Crippen molar-refractivity contribution in [2.75, 3.05) is 0 Å². The standard InChI is InChI=1S/C12H13ClFN3O/c13-7-4-11(15-5-8(7)14)12(18)17-10-3-6-1-2-9(10)16-6/h4-6,9-10,16H,1-3H2,(H,17,18). The van der Waals surface area contributed by atoms with Gasteiger partial charge in [0.05, 0.1) is 11.2 Å². The number of amides is 1. The van der Waals surface area contributed by atoms with Crippen LogP contribution < -0.4 is 10.6 Å². The maximum atomic E-state index is 13.0. The molecule has 6 heteroatoms. The van der Waals surface area contributed by atoms with Gasteiger partial charge in [-0.05, 0) is 25.3 Å². The summed E-state index contributed by atoms with van der Waals surface area (Å²) >= 11 is 5.63. The van der Waals surface area contributed by atoms with Gasteiger partial charge in [-0.2, -0.15) is 0 Å². The molecule has 2 aliphatic rings. The predicted molar refractivity (Wildman–Crippen MR) is 65.0 cm³/mol. The second-order valence-electron chi connectivity index (χ2n) is 4.85. The average Bonchev–Trinajstić information content (AvgIpc) is 2.94. The molecule has 96 valence electrons. The fourth-order valence-corrected chi connectivity index (χ4v) is 2.92. The molecule has 0 aliphatic carbocycles. The van der Waals surface area contributed by atoms with Crippen LogP contribution in [0.15, 0.2) is 12.3 Å². The molecule has 1 aromatic heterocycles. The number of aromatic nitrogens is 1. The molecule has 2 fully saturated rings. The third-order valence-corrected chi connectivity index (χ3v) is 3.95.